The van der Waals surface area contributed by atoms with E-state index in [9.17, 15) is 4.79 Å². The molecule has 1 N–H and O–H groups in total. The average molecular weight is 324 g/mol. The van der Waals surface area contributed by atoms with Gasteiger partial charge in [-0.15, -0.1) is 11.3 Å². The lowest BCUT2D eigenvalue weighted by Gasteiger charge is -2.28. The largest absolute Gasteiger partial charge is 0.444 e. The summed E-state index contributed by atoms with van der Waals surface area (Å²) in [5.41, 5.74) is -0.431. The van der Waals surface area contributed by atoms with Gasteiger partial charge in [0.2, 0.25) is 0 Å². The molecule has 1 saturated carbocycles. The third-order valence-electron chi connectivity index (χ3n) is 3.61. The number of thiophene rings is 1. The fourth-order valence-corrected chi connectivity index (χ4v) is 3.22. The lowest BCUT2D eigenvalue weighted by atomic mass is 10.2. The van der Waals surface area contributed by atoms with Gasteiger partial charge in [0, 0.05) is 34.9 Å². The number of hydrogen-bond donors (Lipinski definition) is 1. The van der Waals surface area contributed by atoms with E-state index in [1.165, 1.54) is 9.75 Å². The van der Waals surface area contributed by atoms with Crippen molar-refractivity contribution in [3.05, 3.63) is 21.9 Å². The Morgan fingerprint density at radius 2 is 2.14 bits per heavy atom. The fraction of sp³-hybridized carbons (Fsp3) is 0.706. The minimum Gasteiger partial charge on any atom is -0.444 e. The van der Waals surface area contributed by atoms with E-state index in [4.69, 9.17) is 4.74 Å². The summed E-state index contributed by atoms with van der Waals surface area (Å²) in [4.78, 5) is 16.8. The van der Waals surface area contributed by atoms with Crippen LogP contribution in [0.3, 0.4) is 0 Å². The zero-order chi connectivity index (χ0) is 16.3. The number of aryl methyl sites for hydroxylation is 1. The summed E-state index contributed by atoms with van der Waals surface area (Å²) in [7, 11) is 0. The first-order chi connectivity index (χ1) is 10.3. The normalized spacial score (nSPS) is 16.4. The van der Waals surface area contributed by atoms with Gasteiger partial charge in [-0.1, -0.05) is 0 Å². The molecule has 124 valence electrons. The second-order valence-electron chi connectivity index (χ2n) is 7.03. The zero-order valence-corrected chi connectivity index (χ0v) is 15.1. The van der Waals surface area contributed by atoms with E-state index < -0.39 is 5.60 Å². The summed E-state index contributed by atoms with van der Waals surface area (Å²) in [6.07, 6.45) is 2.01. The highest BCUT2D eigenvalue weighted by Crippen LogP contribution is 2.28. The predicted octanol–water partition coefficient (Wildman–Crippen LogP) is 4.11. The van der Waals surface area contributed by atoms with Gasteiger partial charge in [0.05, 0.1) is 0 Å². The molecule has 0 radical (unpaired) electrons. The molecule has 4 nitrogen and oxygen atoms in total. The Balaban J connectivity index is 1.81. The number of nitrogens with one attached hydrogen (secondary N) is 1. The Hall–Kier alpha value is -1.07. The summed E-state index contributed by atoms with van der Waals surface area (Å²) in [6, 6.07) is 5.01. The van der Waals surface area contributed by atoms with Crippen molar-refractivity contribution in [2.75, 3.05) is 13.1 Å². The third-order valence-corrected chi connectivity index (χ3v) is 4.79. The van der Waals surface area contributed by atoms with Crippen LogP contribution in [0.15, 0.2) is 12.1 Å². The molecule has 1 aliphatic rings. The minimum atomic E-state index is -0.431. The molecule has 22 heavy (non-hydrogen) atoms. The van der Waals surface area contributed by atoms with Crippen LogP contribution in [0, 0.1) is 6.92 Å². The maximum absolute atomic E-state index is 12.3. The van der Waals surface area contributed by atoms with E-state index >= 15 is 0 Å². The van der Waals surface area contributed by atoms with Crippen LogP contribution in [-0.2, 0) is 4.74 Å². The van der Waals surface area contributed by atoms with E-state index in [1.54, 1.807) is 0 Å². The van der Waals surface area contributed by atoms with Crippen LogP contribution >= 0.6 is 11.3 Å². The number of rotatable bonds is 6. The van der Waals surface area contributed by atoms with Gasteiger partial charge >= 0.3 is 6.09 Å². The highest BCUT2D eigenvalue weighted by Gasteiger charge is 2.34. The van der Waals surface area contributed by atoms with Crippen molar-refractivity contribution < 1.29 is 9.53 Å². The average Bonchev–Trinajstić information content (AvgIpc) is 3.13. The first-order valence-electron chi connectivity index (χ1n) is 8.05. The number of nitrogens with zero attached hydrogens (tertiary/aromatic N) is 1. The lowest BCUT2D eigenvalue weighted by Crippen LogP contribution is -2.42. The van der Waals surface area contributed by atoms with E-state index in [0.29, 0.717) is 18.6 Å². The summed E-state index contributed by atoms with van der Waals surface area (Å²) < 4.78 is 5.51. The Kier molecular flexibility index (Phi) is 5.50. The van der Waals surface area contributed by atoms with Crippen LogP contribution in [0.25, 0.3) is 0 Å². The fourth-order valence-electron chi connectivity index (χ4n) is 2.32. The van der Waals surface area contributed by atoms with E-state index in [1.807, 2.05) is 37.0 Å². The molecule has 1 aromatic rings. The summed E-state index contributed by atoms with van der Waals surface area (Å²) in [5.74, 6) is 0. The second-order valence-corrected chi connectivity index (χ2v) is 8.35. The van der Waals surface area contributed by atoms with Gasteiger partial charge in [-0.3, -0.25) is 0 Å². The van der Waals surface area contributed by atoms with Crippen LogP contribution in [0.5, 0.6) is 0 Å². The Labute approximate surface area is 137 Å². The number of ether oxygens (including phenoxy) is 1. The van der Waals surface area contributed by atoms with Crippen molar-refractivity contribution in [2.45, 2.75) is 65.1 Å². The van der Waals surface area contributed by atoms with Crippen molar-refractivity contribution >= 4 is 17.4 Å². The van der Waals surface area contributed by atoms with Gasteiger partial charge in [0.1, 0.15) is 5.60 Å². The maximum Gasteiger partial charge on any atom is 0.410 e. The molecule has 1 aromatic heterocycles. The van der Waals surface area contributed by atoms with Crippen molar-refractivity contribution in [1.29, 1.82) is 0 Å². The minimum absolute atomic E-state index is 0.184. The van der Waals surface area contributed by atoms with Gasteiger partial charge in [-0.2, -0.15) is 0 Å². The van der Waals surface area contributed by atoms with Crippen molar-refractivity contribution in [3.8, 4) is 0 Å². The molecule has 5 heteroatoms. The molecule has 1 amide bonds. The van der Waals surface area contributed by atoms with Crippen LogP contribution in [-0.4, -0.2) is 35.7 Å². The van der Waals surface area contributed by atoms with E-state index in [-0.39, 0.29) is 6.09 Å². The summed E-state index contributed by atoms with van der Waals surface area (Å²) in [5, 5.41) is 3.50. The SMILES string of the molecule is Cc1ccc(C(C)NCCN(C(=O)OC(C)(C)C)C2CC2)s1. The zero-order valence-electron chi connectivity index (χ0n) is 14.3. The smallest absolute Gasteiger partial charge is 0.410 e. The van der Waals surface area contributed by atoms with Gasteiger partial charge in [0.15, 0.2) is 0 Å². The summed E-state index contributed by atoms with van der Waals surface area (Å²) in [6.45, 7) is 11.5. The van der Waals surface area contributed by atoms with Crippen LogP contribution < -0.4 is 5.32 Å². The lowest BCUT2D eigenvalue weighted by molar-refractivity contribution is 0.0235. The molecule has 1 atom stereocenters. The molecule has 0 bridgehead atoms. The first kappa shape index (κ1) is 17.3. The number of hydrogen-bond acceptors (Lipinski definition) is 4. The molecule has 1 heterocycles. The molecular weight excluding hydrogens is 296 g/mol. The van der Waals surface area contributed by atoms with E-state index in [2.05, 4.69) is 31.3 Å². The molecule has 0 saturated heterocycles. The van der Waals surface area contributed by atoms with Crippen LogP contribution in [0.1, 0.15) is 56.3 Å². The molecule has 1 unspecified atom stereocenters. The quantitative estimate of drug-likeness (QED) is 0.856. The van der Waals surface area contributed by atoms with E-state index in [0.717, 1.165) is 19.4 Å². The van der Waals surface area contributed by atoms with Crippen molar-refractivity contribution in [1.82, 2.24) is 10.2 Å². The number of carbonyl (C=O) groups is 1. The standard InChI is InChI=1S/C17H28N2O2S/c1-12-6-9-15(22-12)13(2)18-10-11-19(14-7-8-14)16(20)21-17(3,4)5/h6,9,13-14,18H,7-8,10-11H2,1-5H3. The molecule has 1 aliphatic carbocycles. The monoisotopic (exact) mass is 324 g/mol. The molecule has 1 fully saturated rings. The number of amides is 1. The van der Waals surface area contributed by atoms with Crippen LogP contribution in [0.4, 0.5) is 4.79 Å². The van der Waals surface area contributed by atoms with Crippen LogP contribution in [0.2, 0.25) is 0 Å². The Morgan fingerprint density at radius 3 is 2.64 bits per heavy atom. The highest BCUT2D eigenvalue weighted by molar-refractivity contribution is 7.12. The molecule has 2 rings (SSSR count). The van der Waals surface area contributed by atoms with Gasteiger partial charge in [-0.25, -0.2) is 4.79 Å². The Morgan fingerprint density at radius 1 is 1.45 bits per heavy atom. The second kappa shape index (κ2) is 7.01. The molecule has 0 spiro atoms. The first-order valence-corrected chi connectivity index (χ1v) is 8.87. The van der Waals surface area contributed by atoms with Gasteiger partial charge < -0.3 is 15.0 Å². The molecule has 0 aliphatic heterocycles. The van der Waals surface area contributed by atoms with Gasteiger partial charge in [-0.05, 0) is 59.6 Å². The number of carbonyl (C=O) groups excluding carboxylic acids is 1. The highest BCUT2D eigenvalue weighted by atomic mass is 32.1. The molecule has 0 aromatic carbocycles. The summed E-state index contributed by atoms with van der Waals surface area (Å²) >= 11 is 1.82. The van der Waals surface area contributed by atoms with Gasteiger partial charge in [0.25, 0.3) is 0 Å². The van der Waals surface area contributed by atoms with Crippen molar-refractivity contribution in [2.24, 2.45) is 0 Å². The predicted molar refractivity (Wildman–Crippen MR) is 91.4 cm³/mol. The third kappa shape index (κ3) is 5.29. The Bertz CT molecular complexity index is 503. The maximum atomic E-state index is 12.3. The topological polar surface area (TPSA) is 41.6 Å². The van der Waals surface area contributed by atoms with Crippen molar-refractivity contribution in [3.63, 3.8) is 0 Å². The molecular formula is C17H28N2O2S.